The van der Waals surface area contributed by atoms with Gasteiger partial charge in [0.05, 0.1) is 37.9 Å². The highest BCUT2D eigenvalue weighted by molar-refractivity contribution is 6.03. The van der Waals surface area contributed by atoms with Crippen molar-refractivity contribution in [1.82, 2.24) is 0 Å². The van der Waals surface area contributed by atoms with Gasteiger partial charge in [0.15, 0.2) is 0 Å². The lowest BCUT2D eigenvalue weighted by molar-refractivity contribution is 0.414. The number of anilines is 1. The summed E-state index contributed by atoms with van der Waals surface area (Å²) >= 11 is 0. The second kappa shape index (κ2) is 8.69. The molecule has 0 saturated carbocycles. The molecule has 0 fully saturated rings. The first-order chi connectivity index (χ1) is 14.7. The van der Waals surface area contributed by atoms with E-state index in [0.717, 1.165) is 40.4 Å². The summed E-state index contributed by atoms with van der Waals surface area (Å²) in [7, 11) is 3.34. The third-order valence-corrected chi connectivity index (χ3v) is 5.22. The molecule has 0 aliphatic carbocycles. The van der Waals surface area contributed by atoms with Crippen LogP contribution in [0.2, 0.25) is 0 Å². The van der Waals surface area contributed by atoms with Crippen molar-refractivity contribution in [2.45, 2.75) is 12.5 Å². The van der Waals surface area contributed by atoms with Gasteiger partial charge in [0.25, 0.3) is 0 Å². The summed E-state index contributed by atoms with van der Waals surface area (Å²) in [6, 6.07) is 24.3. The molecule has 0 spiro atoms. The number of rotatable bonds is 6. The lowest BCUT2D eigenvalue weighted by Gasteiger charge is -2.24. The summed E-state index contributed by atoms with van der Waals surface area (Å²) in [5, 5.41) is 10.6. The standard InChI is InChI=1S/C24H24N4O2/c1-29-21-11-5-18(6-12-21)23-15-24(19-7-13-22(30-2)14-8-19)28(27-23)20-9-3-17(4-10-20)16-26-25/h3-14,16,24H,15,25H2,1-2H3. The average Bonchev–Trinajstić information content (AvgIpc) is 3.25. The first-order valence-electron chi connectivity index (χ1n) is 9.70. The van der Waals surface area contributed by atoms with Gasteiger partial charge in [-0.05, 0) is 65.2 Å². The van der Waals surface area contributed by atoms with Crippen LogP contribution in [0.25, 0.3) is 0 Å². The maximum Gasteiger partial charge on any atom is 0.118 e. The van der Waals surface area contributed by atoms with Crippen LogP contribution in [-0.2, 0) is 0 Å². The number of hydrogen-bond donors (Lipinski definition) is 1. The Balaban J connectivity index is 1.70. The maximum absolute atomic E-state index is 5.32. The quantitative estimate of drug-likeness (QED) is 0.379. The van der Waals surface area contributed by atoms with Crippen LogP contribution in [0.1, 0.15) is 29.2 Å². The molecule has 1 aliphatic rings. The van der Waals surface area contributed by atoms with Crippen LogP contribution in [0, 0.1) is 0 Å². The zero-order valence-corrected chi connectivity index (χ0v) is 17.0. The molecule has 2 N–H and O–H groups in total. The van der Waals surface area contributed by atoms with Gasteiger partial charge in [-0.2, -0.15) is 10.2 Å². The predicted octanol–water partition coefficient (Wildman–Crippen LogP) is 4.35. The Morgan fingerprint density at radius 3 is 2.07 bits per heavy atom. The Hall–Kier alpha value is -3.80. The monoisotopic (exact) mass is 400 g/mol. The van der Waals surface area contributed by atoms with Gasteiger partial charge in [-0.1, -0.05) is 24.3 Å². The first-order valence-corrected chi connectivity index (χ1v) is 9.70. The van der Waals surface area contributed by atoms with Crippen molar-refractivity contribution in [2.75, 3.05) is 19.2 Å². The number of methoxy groups -OCH3 is 2. The molecule has 0 amide bonds. The topological polar surface area (TPSA) is 72.4 Å². The fourth-order valence-corrected chi connectivity index (χ4v) is 3.59. The second-order valence-electron chi connectivity index (χ2n) is 6.98. The Labute approximate surface area is 176 Å². The molecule has 4 rings (SSSR count). The summed E-state index contributed by atoms with van der Waals surface area (Å²) in [6.07, 6.45) is 2.42. The molecule has 6 heteroatoms. The Morgan fingerprint density at radius 1 is 0.900 bits per heavy atom. The fourth-order valence-electron chi connectivity index (χ4n) is 3.59. The zero-order chi connectivity index (χ0) is 20.9. The lowest BCUT2D eigenvalue weighted by Crippen LogP contribution is -2.18. The SMILES string of the molecule is COc1ccc(C2=NN(c3ccc(C=NN)cc3)C(c3ccc(OC)cc3)C2)cc1. The van der Waals surface area contributed by atoms with E-state index in [1.807, 2.05) is 60.7 Å². The van der Waals surface area contributed by atoms with Crippen molar-refractivity contribution in [3.05, 3.63) is 89.5 Å². The number of nitrogens with zero attached hydrogens (tertiary/aromatic N) is 3. The van der Waals surface area contributed by atoms with Crippen LogP contribution in [-0.4, -0.2) is 26.1 Å². The molecule has 0 saturated heterocycles. The van der Waals surface area contributed by atoms with E-state index in [0.29, 0.717) is 0 Å². The highest BCUT2D eigenvalue weighted by atomic mass is 16.5. The van der Waals surface area contributed by atoms with Crippen molar-refractivity contribution in [1.29, 1.82) is 0 Å². The van der Waals surface area contributed by atoms with Crippen molar-refractivity contribution in [3.8, 4) is 11.5 Å². The van der Waals surface area contributed by atoms with E-state index in [-0.39, 0.29) is 6.04 Å². The number of hydrazone groups is 2. The molecule has 0 bridgehead atoms. The van der Waals surface area contributed by atoms with Gasteiger partial charge in [-0.3, -0.25) is 5.01 Å². The van der Waals surface area contributed by atoms with Gasteiger partial charge in [0.1, 0.15) is 11.5 Å². The van der Waals surface area contributed by atoms with Crippen molar-refractivity contribution in [3.63, 3.8) is 0 Å². The molecule has 152 valence electrons. The maximum atomic E-state index is 5.32. The van der Waals surface area contributed by atoms with Crippen LogP contribution >= 0.6 is 0 Å². The Kier molecular flexibility index (Phi) is 5.66. The minimum absolute atomic E-state index is 0.0852. The van der Waals surface area contributed by atoms with Gasteiger partial charge >= 0.3 is 0 Å². The minimum Gasteiger partial charge on any atom is -0.497 e. The van der Waals surface area contributed by atoms with E-state index in [1.165, 1.54) is 5.56 Å². The first kappa shape index (κ1) is 19.5. The highest BCUT2D eigenvalue weighted by Crippen LogP contribution is 2.37. The molecule has 1 unspecified atom stereocenters. The molecule has 3 aromatic carbocycles. The van der Waals surface area contributed by atoms with Gasteiger partial charge in [0, 0.05) is 6.42 Å². The van der Waals surface area contributed by atoms with Crippen LogP contribution in [0.15, 0.2) is 83.0 Å². The summed E-state index contributed by atoms with van der Waals surface area (Å²) in [5.74, 6) is 6.93. The summed E-state index contributed by atoms with van der Waals surface area (Å²) in [4.78, 5) is 0. The summed E-state index contributed by atoms with van der Waals surface area (Å²) in [6.45, 7) is 0. The van der Waals surface area contributed by atoms with Crippen molar-refractivity contribution >= 4 is 17.6 Å². The molecule has 6 nitrogen and oxygen atoms in total. The third-order valence-electron chi connectivity index (χ3n) is 5.22. The van der Waals surface area contributed by atoms with E-state index < -0.39 is 0 Å². The van der Waals surface area contributed by atoms with Gasteiger partial charge in [-0.25, -0.2) is 0 Å². The highest BCUT2D eigenvalue weighted by Gasteiger charge is 2.30. The number of hydrogen-bond acceptors (Lipinski definition) is 6. The van der Waals surface area contributed by atoms with E-state index >= 15 is 0 Å². The van der Waals surface area contributed by atoms with Crippen molar-refractivity contribution < 1.29 is 9.47 Å². The smallest absolute Gasteiger partial charge is 0.118 e. The predicted molar refractivity (Wildman–Crippen MR) is 121 cm³/mol. The van der Waals surface area contributed by atoms with E-state index in [9.17, 15) is 0 Å². The molecule has 1 heterocycles. The van der Waals surface area contributed by atoms with Gasteiger partial charge in [-0.15, -0.1) is 0 Å². The zero-order valence-electron chi connectivity index (χ0n) is 17.0. The molecule has 1 atom stereocenters. The fraction of sp³-hybridized carbons (Fsp3) is 0.167. The molecular weight excluding hydrogens is 376 g/mol. The Bertz CT molecular complexity index is 1040. The van der Waals surface area contributed by atoms with E-state index in [2.05, 4.69) is 22.2 Å². The second-order valence-corrected chi connectivity index (χ2v) is 6.98. The largest absolute Gasteiger partial charge is 0.497 e. The molecule has 0 radical (unpaired) electrons. The van der Waals surface area contributed by atoms with Crippen LogP contribution in [0.5, 0.6) is 11.5 Å². The molecule has 0 aromatic heterocycles. The van der Waals surface area contributed by atoms with Crippen molar-refractivity contribution in [2.24, 2.45) is 16.0 Å². The lowest BCUT2D eigenvalue weighted by atomic mass is 9.98. The normalized spacial score (nSPS) is 16.0. The summed E-state index contributed by atoms with van der Waals surface area (Å²) in [5.41, 5.74) is 5.25. The summed E-state index contributed by atoms with van der Waals surface area (Å²) < 4.78 is 10.6. The van der Waals surface area contributed by atoms with E-state index in [4.69, 9.17) is 20.4 Å². The van der Waals surface area contributed by atoms with Crippen LogP contribution < -0.4 is 20.3 Å². The van der Waals surface area contributed by atoms with Gasteiger partial charge < -0.3 is 15.3 Å². The van der Waals surface area contributed by atoms with Crippen LogP contribution in [0.3, 0.4) is 0 Å². The molecule has 1 aliphatic heterocycles. The number of benzene rings is 3. The Morgan fingerprint density at radius 2 is 1.50 bits per heavy atom. The minimum atomic E-state index is 0.0852. The number of nitrogens with two attached hydrogens (primary N) is 1. The molecular formula is C24H24N4O2. The average molecular weight is 400 g/mol. The molecule has 30 heavy (non-hydrogen) atoms. The van der Waals surface area contributed by atoms with Gasteiger partial charge in [0.2, 0.25) is 0 Å². The van der Waals surface area contributed by atoms with E-state index in [1.54, 1.807) is 20.4 Å². The van der Waals surface area contributed by atoms with Crippen LogP contribution in [0.4, 0.5) is 5.69 Å². The number of ether oxygens (including phenoxy) is 2. The molecule has 3 aromatic rings. The third kappa shape index (κ3) is 3.98.